The third kappa shape index (κ3) is 5.37. The summed E-state index contributed by atoms with van der Waals surface area (Å²) in [5, 5.41) is 0. The van der Waals surface area contributed by atoms with Crippen LogP contribution in [-0.2, 0) is 4.74 Å². The molecule has 0 N–H and O–H groups in total. The SMILES string of the molecule is CCCCN(C(=O)O[C@H]1C[N+]2(C/C=C/c3ccccc3)CCC1CC2)c1ccccc1. The second kappa shape index (κ2) is 10.1. The van der Waals surface area contributed by atoms with Crippen LogP contribution < -0.4 is 4.90 Å². The number of carbonyl (C=O) groups excluding carboxylic acids is 1. The Morgan fingerprint density at radius 3 is 2.42 bits per heavy atom. The molecule has 3 heterocycles. The number of quaternary nitrogens is 1. The lowest BCUT2D eigenvalue weighted by molar-refractivity contribution is -0.941. The Morgan fingerprint density at radius 2 is 1.74 bits per heavy atom. The molecule has 2 aromatic rings. The molecular formula is C27H35N2O2+. The Kier molecular flexibility index (Phi) is 7.08. The van der Waals surface area contributed by atoms with Gasteiger partial charge in [-0.15, -0.1) is 0 Å². The number of anilines is 1. The molecule has 164 valence electrons. The van der Waals surface area contributed by atoms with Crippen molar-refractivity contribution in [3.63, 3.8) is 0 Å². The van der Waals surface area contributed by atoms with Gasteiger partial charge in [0.05, 0.1) is 19.6 Å². The van der Waals surface area contributed by atoms with E-state index in [0.29, 0.717) is 12.5 Å². The normalized spacial score (nSPS) is 24.9. The molecule has 3 aliphatic heterocycles. The van der Waals surface area contributed by atoms with Gasteiger partial charge in [-0.25, -0.2) is 4.79 Å². The van der Waals surface area contributed by atoms with E-state index in [9.17, 15) is 4.79 Å². The Morgan fingerprint density at radius 1 is 1.06 bits per heavy atom. The molecule has 0 saturated carbocycles. The fraction of sp³-hybridized carbons (Fsp3) is 0.444. The van der Waals surface area contributed by atoms with Crippen molar-refractivity contribution < 1.29 is 14.0 Å². The van der Waals surface area contributed by atoms with E-state index in [1.807, 2.05) is 41.3 Å². The number of fused-ring (bicyclic) bond motifs is 3. The zero-order chi connectivity index (χ0) is 21.5. The lowest BCUT2D eigenvalue weighted by Gasteiger charge is -2.51. The molecule has 0 spiro atoms. The zero-order valence-corrected chi connectivity index (χ0v) is 18.7. The highest BCUT2D eigenvalue weighted by atomic mass is 16.6. The van der Waals surface area contributed by atoms with Crippen molar-refractivity contribution in [1.29, 1.82) is 0 Å². The summed E-state index contributed by atoms with van der Waals surface area (Å²) in [5.74, 6) is 0.505. The quantitative estimate of drug-likeness (QED) is 0.510. The van der Waals surface area contributed by atoms with Gasteiger partial charge >= 0.3 is 6.09 Å². The summed E-state index contributed by atoms with van der Waals surface area (Å²) in [6.07, 6.45) is 8.69. The van der Waals surface area contributed by atoms with Crippen LogP contribution in [0.4, 0.5) is 10.5 Å². The average Bonchev–Trinajstić information content (AvgIpc) is 2.81. The van der Waals surface area contributed by atoms with Gasteiger partial charge in [0.2, 0.25) is 0 Å². The summed E-state index contributed by atoms with van der Waals surface area (Å²) >= 11 is 0. The number of hydrogen-bond donors (Lipinski definition) is 0. The molecule has 31 heavy (non-hydrogen) atoms. The van der Waals surface area contributed by atoms with E-state index in [2.05, 4.69) is 43.3 Å². The standard InChI is InChI=1S/C27H35N2O2/c1-2-3-18-28(25-14-8-5-9-15-25)27(30)31-26-22-29(20-16-24(26)17-21-29)19-10-13-23-11-6-4-7-12-23/h4-15,24,26H,2-3,16-22H2,1H3/q+1/b13-10+/t24?,26-,29?/m0/s1. The van der Waals surface area contributed by atoms with Crippen LogP contribution in [0.15, 0.2) is 66.7 Å². The minimum atomic E-state index is -0.184. The summed E-state index contributed by atoms with van der Waals surface area (Å²) < 4.78 is 7.22. The Bertz CT molecular complexity index is 857. The van der Waals surface area contributed by atoms with Crippen molar-refractivity contribution in [1.82, 2.24) is 0 Å². The lowest BCUT2D eigenvalue weighted by Crippen LogP contribution is -2.64. The van der Waals surface area contributed by atoms with E-state index in [1.165, 1.54) is 18.7 Å². The number of carbonyl (C=O) groups is 1. The van der Waals surface area contributed by atoms with Gasteiger partial charge in [-0.3, -0.25) is 4.90 Å². The molecule has 1 amide bonds. The van der Waals surface area contributed by atoms with Gasteiger partial charge in [-0.2, -0.15) is 0 Å². The first-order valence-electron chi connectivity index (χ1n) is 11.8. The van der Waals surface area contributed by atoms with Crippen LogP contribution in [0.5, 0.6) is 0 Å². The molecule has 3 aliphatic rings. The number of amides is 1. The number of piperidine rings is 3. The number of hydrogen-bond acceptors (Lipinski definition) is 2. The molecule has 3 saturated heterocycles. The number of nitrogens with zero attached hydrogens (tertiary/aromatic N) is 2. The molecule has 3 fully saturated rings. The molecule has 5 rings (SSSR count). The Labute approximate surface area is 186 Å². The molecule has 0 aromatic heterocycles. The predicted molar refractivity (Wildman–Crippen MR) is 127 cm³/mol. The minimum absolute atomic E-state index is 0.0213. The number of ether oxygens (including phenoxy) is 1. The van der Waals surface area contributed by atoms with Crippen LogP contribution in [0.2, 0.25) is 0 Å². The average molecular weight is 420 g/mol. The van der Waals surface area contributed by atoms with E-state index in [-0.39, 0.29) is 12.2 Å². The van der Waals surface area contributed by atoms with Crippen LogP contribution in [0.3, 0.4) is 0 Å². The first kappa shape index (κ1) is 21.6. The lowest BCUT2D eigenvalue weighted by atomic mass is 9.83. The van der Waals surface area contributed by atoms with Gasteiger partial charge in [0.15, 0.2) is 6.10 Å². The third-order valence-electron chi connectivity index (χ3n) is 6.92. The zero-order valence-electron chi connectivity index (χ0n) is 18.7. The largest absolute Gasteiger partial charge is 0.440 e. The maximum atomic E-state index is 13.2. The topological polar surface area (TPSA) is 29.5 Å². The van der Waals surface area contributed by atoms with Crippen LogP contribution >= 0.6 is 0 Å². The van der Waals surface area contributed by atoms with Gasteiger partial charge in [-0.1, -0.05) is 68.0 Å². The number of para-hydroxylation sites is 1. The third-order valence-corrected chi connectivity index (χ3v) is 6.92. The van der Waals surface area contributed by atoms with Crippen LogP contribution in [0.25, 0.3) is 6.08 Å². The van der Waals surface area contributed by atoms with E-state index < -0.39 is 0 Å². The maximum absolute atomic E-state index is 13.2. The van der Waals surface area contributed by atoms with Gasteiger partial charge in [0, 0.05) is 31.0 Å². The Hall–Kier alpha value is -2.59. The van der Waals surface area contributed by atoms with Gasteiger partial charge in [-0.05, 0) is 30.2 Å². The number of rotatable bonds is 8. The molecule has 0 radical (unpaired) electrons. The Balaban J connectivity index is 1.41. The molecular weight excluding hydrogens is 384 g/mol. The maximum Gasteiger partial charge on any atom is 0.414 e. The van der Waals surface area contributed by atoms with E-state index in [4.69, 9.17) is 4.74 Å². The van der Waals surface area contributed by atoms with E-state index >= 15 is 0 Å². The monoisotopic (exact) mass is 419 g/mol. The molecule has 0 unspecified atom stereocenters. The predicted octanol–water partition coefficient (Wildman–Crippen LogP) is 5.75. The molecule has 4 heteroatoms. The number of benzene rings is 2. The molecule has 0 aliphatic carbocycles. The van der Waals surface area contributed by atoms with Crippen molar-refractivity contribution in [2.75, 3.05) is 37.6 Å². The second-order valence-electron chi connectivity index (χ2n) is 9.07. The summed E-state index contributed by atoms with van der Waals surface area (Å²) in [4.78, 5) is 15.0. The second-order valence-corrected chi connectivity index (χ2v) is 9.07. The van der Waals surface area contributed by atoms with Gasteiger partial charge in [0.25, 0.3) is 0 Å². The highest BCUT2D eigenvalue weighted by molar-refractivity contribution is 5.87. The number of unbranched alkanes of at least 4 members (excludes halogenated alkanes) is 1. The van der Waals surface area contributed by atoms with Crippen molar-refractivity contribution in [3.05, 3.63) is 72.3 Å². The van der Waals surface area contributed by atoms with E-state index in [1.54, 1.807) is 0 Å². The first-order chi connectivity index (χ1) is 15.2. The highest BCUT2D eigenvalue weighted by Gasteiger charge is 2.47. The summed E-state index contributed by atoms with van der Waals surface area (Å²) in [6.45, 7) is 7.18. The van der Waals surface area contributed by atoms with Crippen LogP contribution in [0.1, 0.15) is 38.2 Å². The summed E-state index contributed by atoms with van der Waals surface area (Å²) in [7, 11) is 0. The minimum Gasteiger partial charge on any atom is -0.440 e. The fourth-order valence-corrected chi connectivity index (χ4v) is 5.03. The fourth-order valence-electron chi connectivity index (χ4n) is 5.03. The van der Waals surface area contributed by atoms with Crippen LogP contribution in [0, 0.1) is 5.92 Å². The molecule has 2 bridgehead atoms. The van der Waals surface area contributed by atoms with Gasteiger partial charge in [0.1, 0.15) is 6.54 Å². The van der Waals surface area contributed by atoms with Crippen molar-refractivity contribution in [2.24, 2.45) is 5.92 Å². The molecule has 2 aromatic carbocycles. The smallest absolute Gasteiger partial charge is 0.414 e. The van der Waals surface area contributed by atoms with Crippen LogP contribution in [-0.4, -0.2) is 49.4 Å². The van der Waals surface area contributed by atoms with Gasteiger partial charge < -0.3 is 9.22 Å². The van der Waals surface area contributed by atoms with Crippen molar-refractivity contribution >= 4 is 17.9 Å². The van der Waals surface area contributed by atoms with Crippen molar-refractivity contribution in [3.8, 4) is 0 Å². The molecule has 1 atom stereocenters. The van der Waals surface area contributed by atoms with Crippen molar-refractivity contribution in [2.45, 2.75) is 38.7 Å². The summed E-state index contributed by atoms with van der Waals surface area (Å²) in [5.41, 5.74) is 2.17. The molecule has 4 nitrogen and oxygen atoms in total. The van der Waals surface area contributed by atoms with E-state index in [0.717, 1.165) is 48.9 Å². The highest BCUT2D eigenvalue weighted by Crippen LogP contribution is 2.36. The summed E-state index contributed by atoms with van der Waals surface area (Å²) in [6, 6.07) is 20.4. The first-order valence-corrected chi connectivity index (χ1v) is 11.8.